The number of carboxylic acids is 1. The quantitative estimate of drug-likeness (QED) is 0.797. The van der Waals surface area contributed by atoms with E-state index >= 15 is 0 Å². The van der Waals surface area contributed by atoms with Crippen molar-refractivity contribution in [2.24, 2.45) is 0 Å². The molecule has 1 aliphatic rings. The second-order valence-electron chi connectivity index (χ2n) is 4.88. The van der Waals surface area contributed by atoms with Gasteiger partial charge in [0.25, 0.3) is 5.91 Å². The number of aromatic carboxylic acids is 1. The van der Waals surface area contributed by atoms with Crippen LogP contribution in [0.3, 0.4) is 0 Å². The average molecular weight is 316 g/mol. The summed E-state index contributed by atoms with van der Waals surface area (Å²) < 4.78 is 29.4. The van der Waals surface area contributed by atoms with Gasteiger partial charge in [-0.3, -0.25) is 4.79 Å². The van der Waals surface area contributed by atoms with Gasteiger partial charge in [0.2, 0.25) is 10.0 Å². The molecule has 0 unspecified atom stereocenters. The molecular weight excluding hydrogens is 300 g/mol. The number of nitrogens with zero attached hydrogens (tertiary/aromatic N) is 1. The number of hydrogen-bond acceptors (Lipinski definition) is 5. The van der Waals surface area contributed by atoms with Gasteiger partial charge in [-0.2, -0.15) is 4.31 Å². The summed E-state index contributed by atoms with van der Waals surface area (Å²) in [6.07, 6.45) is 3.54. The number of furan rings is 1. The number of hydrogen-bond donors (Lipinski definition) is 2. The summed E-state index contributed by atoms with van der Waals surface area (Å²) >= 11 is 0. The number of carbonyl (C=O) groups is 2. The fourth-order valence-corrected chi connectivity index (χ4v) is 3.50. The fraction of sp³-hybridized carbons (Fsp3) is 0.500. The van der Waals surface area contributed by atoms with Crippen LogP contribution in [0.2, 0.25) is 0 Å². The highest BCUT2D eigenvalue weighted by Crippen LogP contribution is 2.19. The highest BCUT2D eigenvalue weighted by Gasteiger charge is 2.31. The molecule has 2 N–H and O–H groups in total. The molecule has 1 amide bonds. The van der Waals surface area contributed by atoms with E-state index in [9.17, 15) is 18.0 Å². The Labute approximate surface area is 121 Å². The van der Waals surface area contributed by atoms with Crippen LogP contribution in [0.4, 0.5) is 0 Å². The van der Waals surface area contributed by atoms with E-state index in [1.807, 2.05) is 0 Å². The number of carbonyl (C=O) groups excluding carboxylic acids is 1. The van der Waals surface area contributed by atoms with Crippen molar-refractivity contribution in [1.29, 1.82) is 0 Å². The summed E-state index contributed by atoms with van der Waals surface area (Å²) in [6, 6.07) is 0.846. The average Bonchev–Trinajstić information content (AvgIpc) is 3.04. The molecule has 0 aromatic carbocycles. The smallest absolute Gasteiger partial charge is 0.338 e. The van der Waals surface area contributed by atoms with Gasteiger partial charge in [-0.25, -0.2) is 13.2 Å². The Hall–Kier alpha value is -1.87. The molecule has 1 saturated heterocycles. The van der Waals surface area contributed by atoms with Gasteiger partial charge in [-0.1, -0.05) is 0 Å². The van der Waals surface area contributed by atoms with Crippen molar-refractivity contribution in [3.8, 4) is 0 Å². The summed E-state index contributed by atoms with van der Waals surface area (Å²) in [7, 11) is -3.29. The van der Waals surface area contributed by atoms with Crippen LogP contribution in [0.1, 0.15) is 33.8 Å². The first-order valence-electron chi connectivity index (χ1n) is 6.36. The number of amides is 1. The molecule has 0 radical (unpaired) electrons. The van der Waals surface area contributed by atoms with E-state index in [2.05, 4.69) is 5.32 Å². The van der Waals surface area contributed by atoms with Crippen molar-refractivity contribution in [2.75, 3.05) is 19.3 Å². The van der Waals surface area contributed by atoms with E-state index in [0.717, 1.165) is 25.0 Å². The van der Waals surface area contributed by atoms with Crippen molar-refractivity contribution in [3.63, 3.8) is 0 Å². The molecule has 0 spiro atoms. The summed E-state index contributed by atoms with van der Waals surface area (Å²) in [5, 5.41) is 11.3. The van der Waals surface area contributed by atoms with Gasteiger partial charge in [0.1, 0.15) is 6.26 Å². The number of carboxylic acid groups (broad SMARTS) is 1. The lowest BCUT2D eigenvalue weighted by molar-refractivity contribution is 0.0695. The maximum atomic E-state index is 11.8. The molecule has 1 atom stereocenters. The molecule has 0 bridgehead atoms. The first kappa shape index (κ1) is 15.5. The van der Waals surface area contributed by atoms with Crippen LogP contribution in [0.5, 0.6) is 0 Å². The number of sulfonamides is 1. The topological polar surface area (TPSA) is 117 Å². The Morgan fingerprint density at radius 2 is 2.24 bits per heavy atom. The van der Waals surface area contributed by atoms with Crippen molar-refractivity contribution in [1.82, 2.24) is 9.62 Å². The van der Waals surface area contributed by atoms with E-state index in [0.29, 0.717) is 13.0 Å². The third kappa shape index (κ3) is 3.61. The number of rotatable bonds is 5. The predicted octanol–water partition coefficient (Wildman–Crippen LogP) is 0.132. The molecule has 2 rings (SSSR count). The zero-order valence-electron chi connectivity index (χ0n) is 11.4. The van der Waals surface area contributed by atoms with Gasteiger partial charge in [-0.15, -0.1) is 0 Å². The summed E-state index contributed by atoms with van der Waals surface area (Å²) in [5.41, 5.74) is -0.112. The predicted molar refractivity (Wildman–Crippen MR) is 72.6 cm³/mol. The minimum Gasteiger partial charge on any atom is -0.478 e. The van der Waals surface area contributed by atoms with Crippen LogP contribution in [0, 0.1) is 0 Å². The highest BCUT2D eigenvalue weighted by atomic mass is 32.2. The Balaban J connectivity index is 1.96. The van der Waals surface area contributed by atoms with Crippen molar-refractivity contribution >= 4 is 21.9 Å². The van der Waals surface area contributed by atoms with Crippen LogP contribution >= 0.6 is 0 Å². The second-order valence-corrected chi connectivity index (χ2v) is 6.82. The van der Waals surface area contributed by atoms with Gasteiger partial charge in [0, 0.05) is 25.2 Å². The van der Waals surface area contributed by atoms with E-state index < -0.39 is 21.9 Å². The first-order valence-corrected chi connectivity index (χ1v) is 8.20. The van der Waals surface area contributed by atoms with Crippen molar-refractivity contribution in [2.45, 2.75) is 18.9 Å². The van der Waals surface area contributed by atoms with Gasteiger partial charge in [0.15, 0.2) is 5.76 Å². The van der Waals surface area contributed by atoms with E-state index in [1.54, 1.807) is 0 Å². The van der Waals surface area contributed by atoms with E-state index in [-0.39, 0.29) is 23.9 Å². The lowest BCUT2D eigenvalue weighted by Gasteiger charge is -2.22. The monoisotopic (exact) mass is 316 g/mol. The Bertz CT molecular complexity index is 650. The molecule has 116 valence electrons. The second kappa shape index (κ2) is 5.86. The van der Waals surface area contributed by atoms with Crippen LogP contribution in [-0.4, -0.2) is 55.1 Å². The van der Waals surface area contributed by atoms with Gasteiger partial charge in [0.05, 0.1) is 11.8 Å². The maximum absolute atomic E-state index is 11.8. The summed E-state index contributed by atoms with van der Waals surface area (Å²) in [6.45, 7) is 0.609. The van der Waals surface area contributed by atoms with Crippen molar-refractivity contribution in [3.05, 3.63) is 23.7 Å². The van der Waals surface area contributed by atoms with Crippen LogP contribution in [0.25, 0.3) is 0 Å². The third-order valence-electron chi connectivity index (χ3n) is 3.32. The molecule has 1 fully saturated rings. The van der Waals surface area contributed by atoms with E-state index in [1.165, 1.54) is 4.31 Å². The molecule has 1 aromatic rings. The molecular formula is C12H16N2O6S. The largest absolute Gasteiger partial charge is 0.478 e. The third-order valence-corrected chi connectivity index (χ3v) is 4.65. The van der Waals surface area contributed by atoms with Crippen LogP contribution in [-0.2, 0) is 10.0 Å². The molecule has 0 aliphatic carbocycles. The molecule has 0 saturated carbocycles. The number of nitrogens with one attached hydrogen (secondary N) is 1. The summed E-state index contributed by atoms with van der Waals surface area (Å²) in [5.74, 6) is -1.86. The Kier molecular flexibility index (Phi) is 4.33. The van der Waals surface area contributed by atoms with Crippen LogP contribution in [0.15, 0.2) is 16.7 Å². The SMILES string of the molecule is CS(=O)(=O)N1CCC[C@@H]1CNC(=O)c1cc(C(=O)O)co1. The fourth-order valence-electron chi connectivity index (χ4n) is 2.31. The molecule has 21 heavy (non-hydrogen) atoms. The maximum Gasteiger partial charge on any atom is 0.338 e. The Morgan fingerprint density at radius 1 is 1.52 bits per heavy atom. The standard InChI is InChI=1S/C12H16N2O6S/c1-21(18,19)14-4-2-3-9(14)6-13-11(15)10-5-8(7-20-10)12(16)17/h5,7,9H,2-4,6H2,1H3,(H,13,15)(H,16,17)/t9-/m1/s1. The lowest BCUT2D eigenvalue weighted by Crippen LogP contribution is -2.42. The minimum atomic E-state index is -3.29. The molecule has 1 aromatic heterocycles. The lowest BCUT2D eigenvalue weighted by atomic mass is 10.2. The molecule has 2 heterocycles. The van der Waals surface area contributed by atoms with Crippen LogP contribution < -0.4 is 5.32 Å². The zero-order chi connectivity index (χ0) is 15.6. The molecule has 9 heteroatoms. The van der Waals surface area contributed by atoms with E-state index in [4.69, 9.17) is 9.52 Å². The first-order chi connectivity index (χ1) is 9.79. The molecule has 8 nitrogen and oxygen atoms in total. The highest BCUT2D eigenvalue weighted by molar-refractivity contribution is 7.88. The van der Waals surface area contributed by atoms with Gasteiger partial charge >= 0.3 is 5.97 Å². The normalized spacial score (nSPS) is 19.6. The Morgan fingerprint density at radius 3 is 2.81 bits per heavy atom. The van der Waals surface area contributed by atoms with Gasteiger partial charge in [-0.05, 0) is 12.8 Å². The summed E-state index contributed by atoms with van der Waals surface area (Å²) in [4.78, 5) is 22.5. The zero-order valence-corrected chi connectivity index (χ0v) is 12.2. The minimum absolute atomic E-state index is 0.112. The van der Waals surface area contributed by atoms with Gasteiger partial charge < -0.3 is 14.8 Å². The molecule has 1 aliphatic heterocycles. The van der Waals surface area contributed by atoms with Crippen molar-refractivity contribution < 1.29 is 27.5 Å².